The molecule has 1 unspecified atom stereocenters. The van der Waals surface area contributed by atoms with E-state index in [-0.39, 0.29) is 13.0 Å². The lowest BCUT2D eigenvalue weighted by Crippen LogP contribution is -2.48. The van der Waals surface area contributed by atoms with Crippen LogP contribution >= 0.6 is 0 Å². The van der Waals surface area contributed by atoms with Crippen LogP contribution in [0.2, 0.25) is 0 Å². The lowest BCUT2D eigenvalue weighted by molar-refractivity contribution is -0.160. The fourth-order valence-corrected chi connectivity index (χ4v) is 2.34. The molecule has 24 heavy (non-hydrogen) atoms. The molecule has 6 heteroatoms. The van der Waals surface area contributed by atoms with Crippen LogP contribution in [-0.2, 0) is 25.5 Å². The summed E-state index contributed by atoms with van der Waals surface area (Å²) in [4.78, 5) is 37.0. The fraction of sp³-hybridized carbons (Fsp3) is 0.500. The summed E-state index contributed by atoms with van der Waals surface area (Å²) in [5.74, 6) is -0.831. The first-order valence-corrected chi connectivity index (χ1v) is 8.00. The molecule has 1 atom stereocenters. The highest BCUT2D eigenvalue weighted by atomic mass is 16.5. The predicted octanol–water partition coefficient (Wildman–Crippen LogP) is 2.34. The van der Waals surface area contributed by atoms with Gasteiger partial charge in [0.25, 0.3) is 0 Å². The number of methoxy groups -OCH3 is 1. The van der Waals surface area contributed by atoms with Crippen molar-refractivity contribution >= 4 is 17.8 Å². The zero-order chi connectivity index (χ0) is 18.1. The Bertz CT molecular complexity index is 553. The topological polar surface area (TPSA) is 72.9 Å². The first-order valence-electron chi connectivity index (χ1n) is 8.00. The molecule has 0 saturated carbocycles. The van der Waals surface area contributed by atoms with Crippen molar-refractivity contribution < 1.29 is 23.9 Å². The molecule has 1 aromatic rings. The first-order chi connectivity index (χ1) is 11.4. The van der Waals surface area contributed by atoms with Gasteiger partial charge in [0.1, 0.15) is 11.8 Å². The van der Waals surface area contributed by atoms with Crippen LogP contribution in [0.5, 0.6) is 5.75 Å². The van der Waals surface area contributed by atoms with E-state index in [0.717, 1.165) is 23.3 Å². The molecular formula is C18H25NO5. The van der Waals surface area contributed by atoms with Crippen molar-refractivity contribution in [1.82, 2.24) is 4.90 Å². The second-order valence-corrected chi connectivity index (χ2v) is 5.50. The van der Waals surface area contributed by atoms with Gasteiger partial charge in [0.15, 0.2) is 0 Å². The average molecular weight is 335 g/mol. The summed E-state index contributed by atoms with van der Waals surface area (Å²) in [6.07, 6.45) is 1.83. The van der Waals surface area contributed by atoms with Gasteiger partial charge in [0.05, 0.1) is 13.7 Å². The molecule has 0 heterocycles. The van der Waals surface area contributed by atoms with E-state index in [1.165, 1.54) is 13.8 Å². The molecule has 0 aromatic heterocycles. The number of ether oxygens (including phenoxy) is 2. The monoisotopic (exact) mass is 335 g/mol. The third-order valence-electron chi connectivity index (χ3n) is 3.59. The molecule has 1 aromatic carbocycles. The zero-order valence-corrected chi connectivity index (χ0v) is 14.7. The van der Waals surface area contributed by atoms with Crippen LogP contribution in [0.15, 0.2) is 24.3 Å². The Morgan fingerprint density at radius 1 is 1.08 bits per heavy atom. The molecule has 0 bridgehead atoms. The van der Waals surface area contributed by atoms with Gasteiger partial charge in [-0.3, -0.25) is 14.5 Å². The van der Waals surface area contributed by atoms with Crippen LogP contribution in [0.3, 0.4) is 0 Å². The van der Waals surface area contributed by atoms with Gasteiger partial charge in [0.2, 0.25) is 11.8 Å². The summed E-state index contributed by atoms with van der Waals surface area (Å²) in [5.41, 5.74) is 0.806. The highest BCUT2D eigenvalue weighted by Gasteiger charge is 2.32. The predicted molar refractivity (Wildman–Crippen MR) is 89.6 cm³/mol. The number of rotatable bonds is 8. The number of benzene rings is 1. The van der Waals surface area contributed by atoms with Crippen molar-refractivity contribution in [2.24, 2.45) is 0 Å². The third kappa shape index (κ3) is 5.68. The van der Waals surface area contributed by atoms with E-state index < -0.39 is 23.8 Å². The molecule has 0 aliphatic heterocycles. The van der Waals surface area contributed by atoms with Gasteiger partial charge in [0, 0.05) is 20.3 Å². The number of hydrogen-bond acceptors (Lipinski definition) is 5. The highest BCUT2D eigenvalue weighted by molar-refractivity contribution is 5.97. The molecule has 6 nitrogen and oxygen atoms in total. The largest absolute Gasteiger partial charge is 0.497 e. The maximum atomic E-state index is 12.4. The van der Waals surface area contributed by atoms with Gasteiger partial charge >= 0.3 is 5.97 Å². The first kappa shape index (κ1) is 19.7. The summed E-state index contributed by atoms with van der Waals surface area (Å²) in [6.45, 7) is 4.79. The SMILES string of the molecule is CCCCOC(=O)C(Cc1ccc(OC)cc1)N(C(C)=O)C(C)=O. The van der Waals surface area contributed by atoms with E-state index in [0.29, 0.717) is 5.75 Å². The standard InChI is InChI=1S/C18H25NO5/c1-5-6-11-24-18(22)17(19(13(2)20)14(3)21)12-15-7-9-16(23-4)10-8-15/h7-10,17H,5-6,11-12H2,1-4H3. The van der Waals surface area contributed by atoms with Crippen molar-refractivity contribution in [1.29, 1.82) is 0 Å². The number of imide groups is 1. The normalized spacial score (nSPS) is 11.5. The van der Waals surface area contributed by atoms with E-state index in [2.05, 4.69) is 0 Å². The Morgan fingerprint density at radius 3 is 2.12 bits per heavy atom. The van der Waals surface area contributed by atoms with Crippen LogP contribution in [0.25, 0.3) is 0 Å². The maximum Gasteiger partial charge on any atom is 0.329 e. The van der Waals surface area contributed by atoms with Crippen molar-refractivity contribution in [3.8, 4) is 5.75 Å². The number of unbranched alkanes of at least 4 members (excludes halogenated alkanes) is 1. The minimum Gasteiger partial charge on any atom is -0.497 e. The van der Waals surface area contributed by atoms with Gasteiger partial charge in [-0.15, -0.1) is 0 Å². The smallest absolute Gasteiger partial charge is 0.329 e. The lowest BCUT2D eigenvalue weighted by atomic mass is 10.0. The van der Waals surface area contributed by atoms with Crippen molar-refractivity contribution in [3.63, 3.8) is 0 Å². The summed E-state index contributed by atoms with van der Waals surface area (Å²) in [7, 11) is 1.57. The fourth-order valence-electron chi connectivity index (χ4n) is 2.34. The van der Waals surface area contributed by atoms with Gasteiger partial charge < -0.3 is 9.47 Å². The lowest BCUT2D eigenvalue weighted by Gasteiger charge is -2.26. The van der Waals surface area contributed by atoms with Gasteiger partial charge in [-0.25, -0.2) is 4.79 Å². The second kappa shape index (κ2) is 9.70. The van der Waals surface area contributed by atoms with Crippen LogP contribution in [0, 0.1) is 0 Å². The van der Waals surface area contributed by atoms with E-state index in [1.54, 1.807) is 31.4 Å². The van der Waals surface area contributed by atoms with Crippen LogP contribution in [-0.4, -0.2) is 42.4 Å². The van der Waals surface area contributed by atoms with Gasteiger partial charge in [-0.05, 0) is 24.1 Å². The van der Waals surface area contributed by atoms with Crippen molar-refractivity contribution in [2.45, 2.75) is 46.1 Å². The number of carbonyl (C=O) groups is 3. The number of nitrogens with zero attached hydrogens (tertiary/aromatic N) is 1. The quantitative estimate of drug-likeness (QED) is 0.538. The van der Waals surface area contributed by atoms with Crippen LogP contribution < -0.4 is 4.74 Å². The maximum absolute atomic E-state index is 12.4. The summed E-state index contributed by atoms with van der Waals surface area (Å²) < 4.78 is 10.3. The van der Waals surface area contributed by atoms with E-state index in [9.17, 15) is 14.4 Å². The molecule has 2 amide bonds. The number of esters is 1. The minimum atomic E-state index is -0.967. The highest BCUT2D eigenvalue weighted by Crippen LogP contribution is 2.16. The van der Waals surface area contributed by atoms with Crippen molar-refractivity contribution in [3.05, 3.63) is 29.8 Å². The molecule has 0 fully saturated rings. The van der Waals surface area contributed by atoms with E-state index in [4.69, 9.17) is 9.47 Å². The Kier molecular flexibility index (Phi) is 7.95. The number of hydrogen-bond donors (Lipinski definition) is 0. The Labute approximate surface area is 142 Å². The molecule has 1 rings (SSSR count). The summed E-state index contributed by atoms with van der Waals surface area (Å²) >= 11 is 0. The molecule has 132 valence electrons. The van der Waals surface area contributed by atoms with Gasteiger partial charge in [-0.2, -0.15) is 0 Å². The van der Waals surface area contributed by atoms with Gasteiger partial charge in [-0.1, -0.05) is 25.5 Å². The molecular weight excluding hydrogens is 310 g/mol. The second-order valence-electron chi connectivity index (χ2n) is 5.50. The van der Waals surface area contributed by atoms with Crippen molar-refractivity contribution in [2.75, 3.05) is 13.7 Å². The summed E-state index contributed by atoms with van der Waals surface area (Å²) in [5, 5.41) is 0. The molecule has 0 aliphatic rings. The molecule has 0 aliphatic carbocycles. The summed E-state index contributed by atoms with van der Waals surface area (Å²) in [6, 6.07) is 6.15. The Balaban J connectivity index is 2.99. The minimum absolute atomic E-state index is 0.202. The van der Waals surface area contributed by atoms with E-state index >= 15 is 0 Å². The molecule has 0 N–H and O–H groups in total. The molecule has 0 spiro atoms. The van der Waals surface area contributed by atoms with E-state index in [1.807, 2.05) is 6.92 Å². The molecule has 0 saturated heterocycles. The Morgan fingerprint density at radius 2 is 1.67 bits per heavy atom. The number of carbonyl (C=O) groups excluding carboxylic acids is 3. The molecule has 0 radical (unpaired) electrons. The Hall–Kier alpha value is -2.37. The zero-order valence-electron chi connectivity index (χ0n) is 14.7. The third-order valence-corrected chi connectivity index (χ3v) is 3.59. The number of amides is 2. The average Bonchev–Trinajstić information content (AvgIpc) is 2.54. The van der Waals surface area contributed by atoms with Crippen LogP contribution in [0.4, 0.5) is 0 Å². The van der Waals surface area contributed by atoms with Crippen LogP contribution in [0.1, 0.15) is 39.2 Å².